The van der Waals surface area contributed by atoms with Gasteiger partial charge in [0.1, 0.15) is 256 Å². The zero-order valence-corrected chi connectivity index (χ0v) is 78.4. The predicted molar refractivity (Wildman–Crippen MR) is 448 cm³/mol. The number of rotatable bonds is 39. The fourth-order valence-corrected chi connectivity index (χ4v) is 18.7. The lowest BCUT2D eigenvalue weighted by Crippen LogP contribution is -2.72. The molecule has 0 aromatic rings. The van der Waals surface area contributed by atoms with Crippen molar-refractivity contribution in [2.24, 2.45) is 0 Å². The van der Waals surface area contributed by atoms with Gasteiger partial charge in [0, 0.05) is 48.0 Å². The lowest BCUT2D eigenvalue weighted by atomic mass is 9.88. The molecule has 0 radical (unpaired) electrons. The molecule has 11 aliphatic rings. The van der Waals surface area contributed by atoms with E-state index in [1.54, 1.807) is 0 Å². The van der Waals surface area contributed by atoms with Gasteiger partial charge in [-0.2, -0.15) is 0 Å². The third-order valence-corrected chi connectivity index (χ3v) is 26.3. The van der Waals surface area contributed by atoms with Crippen LogP contribution in [0.1, 0.15) is 54.9 Å². The Morgan fingerprint density at radius 2 is 0.634 bits per heavy atom. The molecule has 0 aromatic heterocycles. The first-order valence-electron chi connectivity index (χ1n) is 46.1. The Hall–Kier alpha value is -5.71. The highest BCUT2D eigenvalue weighted by atomic mass is 16.8. The highest BCUT2D eigenvalue weighted by Gasteiger charge is 2.64. The summed E-state index contributed by atoms with van der Waals surface area (Å²) in [7, 11) is 0. The number of amides is 6. The van der Waals surface area contributed by atoms with Crippen LogP contribution >= 0.6 is 0 Å². The zero-order valence-electron chi connectivity index (χ0n) is 78.4. The number of hydrogen-bond donors (Lipinski definition) is 36. The van der Waals surface area contributed by atoms with Crippen molar-refractivity contribution in [2.75, 3.05) is 66.1 Å². The number of aliphatic hydroxyl groups excluding tert-OH is 29. The lowest BCUT2D eigenvalue weighted by molar-refractivity contribution is -0.405. The minimum Gasteiger partial charge on any atom is -0.477 e. The second-order valence-electron chi connectivity index (χ2n) is 36.7. The van der Waals surface area contributed by atoms with Gasteiger partial charge in [-0.1, -0.05) is 0 Å². The molecular formula is C81H134N6O58. The molecule has 836 valence electrons. The molecule has 64 heteroatoms. The van der Waals surface area contributed by atoms with Crippen LogP contribution in [-0.2, 0) is 133 Å². The number of carboxylic acids is 1. The molecule has 0 unspecified atom stereocenters. The molecule has 11 fully saturated rings. The number of carboxylic acid groups (broad SMARTS) is 1. The van der Waals surface area contributed by atoms with Gasteiger partial charge in [0.25, 0.3) is 5.79 Å². The maximum absolute atomic E-state index is 13.7. The van der Waals surface area contributed by atoms with Crippen molar-refractivity contribution in [3.63, 3.8) is 0 Å². The predicted octanol–water partition coefficient (Wildman–Crippen LogP) is -23.9. The number of aliphatic hydroxyl groups is 29. The van der Waals surface area contributed by atoms with Gasteiger partial charge in [0.15, 0.2) is 62.9 Å². The molecule has 6 amide bonds. The normalized spacial score (nSPS) is 47.2. The smallest absolute Gasteiger partial charge is 0.364 e. The molecule has 11 aliphatic heterocycles. The summed E-state index contributed by atoms with van der Waals surface area (Å²) in [5.41, 5.74) is 0. The highest BCUT2D eigenvalue weighted by molar-refractivity contribution is 5.77. The molecule has 11 saturated heterocycles. The Labute approximate surface area is 821 Å². The Morgan fingerprint density at radius 3 is 1.14 bits per heavy atom. The van der Waals surface area contributed by atoms with Crippen molar-refractivity contribution in [2.45, 2.75) is 398 Å². The van der Waals surface area contributed by atoms with Crippen LogP contribution in [0.4, 0.5) is 0 Å². The molecule has 56 atom stereocenters. The van der Waals surface area contributed by atoms with Gasteiger partial charge >= 0.3 is 5.97 Å². The van der Waals surface area contributed by atoms with Gasteiger partial charge in [-0.05, 0) is 6.92 Å². The number of nitrogens with one attached hydrogen (secondary N) is 6. The summed E-state index contributed by atoms with van der Waals surface area (Å²) in [5, 5.41) is 355. The molecule has 36 N–H and O–H groups in total. The second kappa shape index (κ2) is 51.8. The van der Waals surface area contributed by atoms with Crippen LogP contribution in [0.25, 0.3) is 0 Å². The number of carbonyl (C=O) groups excluding carboxylic acids is 6. The summed E-state index contributed by atoms with van der Waals surface area (Å²) in [6.07, 6.45) is -111. The summed E-state index contributed by atoms with van der Waals surface area (Å²) >= 11 is 0. The monoisotopic (exact) mass is 2120 g/mol. The van der Waals surface area contributed by atoms with E-state index in [9.17, 15) is 187 Å². The quantitative estimate of drug-likeness (QED) is 0.0272. The van der Waals surface area contributed by atoms with Crippen molar-refractivity contribution in [1.29, 1.82) is 0 Å². The fourth-order valence-electron chi connectivity index (χ4n) is 18.7. The fraction of sp³-hybridized carbons (Fsp3) is 0.914. The van der Waals surface area contributed by atoms with E-state index in [-0.39, 0.29) is 0 Å². The molecule has 64 nitrogen and oxygen atoms in total. The number of carbonyl (C=O) groups is 7. The van der Waals surface area contributed by atoms with E-state index in [1.165, 1.54) is 6.92 Å². The van der Waals surface area contributed by atoms with Gasteiger partial charge in [-0.15, -0.1) is 0 Å². The third kappa shape index (κ3) is 27.0. The number of hydrogen-bond acceptors (Lipinski definition) is 57. The van der Waals surface area contributed by atoms with E-state index >= 15 is 0 Å². The van der Waals surface area contributed by atoms with Crippen molar-refractivity contribution in [1.82, 2.24) is 31.9 Å². The van der Waals surface area contributed by atoms with Crippen molar-refractivity contribution >= 4 is 41.4 Å². The zero-order chi connectivity index (χ0) is 107. The topological polar surface area (TPSA) is 992 Å². The van der Waals surface area contributed by atoms with Crippen molar-refractivity contribution in [3.05, 3.63) is 0 Å². The number of aliphatic carboxylic acids is 1. The molecule has 0 aromatic carbocycles. The SMILES string of the molecule is CC(=O)N[C@@H]1[C@@H](O)[C@H](O[C@@H]2O[C@H](CO)[C@@H](O[C@@H]3O[C@H](CO[C@H]4O[C@H](CO)[C@@H](O)[C@H](O)[C@@H]4O[C@@H]4O[C@H](CO)[C@@H](O)[C@H](O)[C@H]4NC(C)=O)[C@@H](O)[C@H](O[C@H]4O[C@H](CO)[C@@H](O[C@@H]5O[C@H](CO[C@]6(C(=O)O)C[C@H](O)[C@@H](NC(C)=O)[C@H]([C@H](O)[C@H](O)CO)O6)[C@@H](O)[C@H](O[C@@H]6O[C@H](CO)[C@H](O)[C@H](O)[C@H]6O)[C@H]5NC(C)=O)[C@H](O)[C@@H]4O[C@@H]4O[C@H](CO)[C@@H](O)[C@H](O)[C@H]4NC(C)=O)[C@@H]3O)[C@H](O)[C@H]2NC(C)=O)[C@@H](CO[C@@H]2O[C@@H](C)[C@@H](O)[C@@H](O)[C@@H]2O)O[C@H]1O. The highest BCUT2D eigenvalue weighted by Crippen LogP contribution is 2.43. The molecule has 11 rings (SSSR count). The van der Waals surface area contributed by atoms with Crippen LogP contribution in [-0.4, -0.2) is 604 Å². The molecule has 0 aliphatic carbocycles. The van der Waals surface area contributed by atoms with Gasteiger partial charge in [0.2, 0.25) is 35.4 Å². The van der Waals surface area contributed by atoms with E-state index < -0.39 is 457 Å². The van der Waals surface area contributed by atoms with Crippen LogP contribution in [0.2, 0.25) is 0 Å². The molecule has 11 heterocycles. The van der Waals surface area contributed by atoms with E-state index in [1.807, 2.05) is 0 Å². The van der Waals surface area contributed by atoms with Crippen LogP contribution < -0.4 is 31.9 Å². The first-order chi connectivity index (χ1) is 68.3. The van der Waals surface area contributed by atoms with Gasteiger partial charge < -0.3 is 285 Å². The largest absolute Gasteiger partial charge is 0.477 e. The molecule has 0 saturated carbocycles. The van der Waals surface area contributed by atoms with Gasteiger partial charge in [0.05, 0.1) is 84.3 Å². The summed E-state index contributed by atoms with van der Waals surface area (Å²) < 4.78 is 127. The van der Waals surface area contributed by atoms with Crippen LogP contribution in [0, 0.1) is 0 Å². The van der Waals surface area contributed by atoms with E-state index in [2.05, 4.69) is 31.9 Å². The van der Waals surface area contributed by atoms with Crippen molar-refractivity contribution < 1.29 is 286 Å². The minimum absolute atomic E-state index is 0.820. The molecule has 0 spiro atoms. The lowest BCUT2D eigenvalue weighted by Gasteiger charge is -2.52. The molecule has 145 heavy (non-hydrogen) atoms. The van der Waals surface area contributed by atoms with Crippen LogP contribution in [0.3, 0.4) is 0 Å². The molecule has 0 bridgehead atoms. The first kappa shape index (κ1) is 120. The summed E-state index contributed by atoms with van der Waals surface area (Å²) in [4.78, 5) is 91.7. The maximum Gasteiger partial charge on any atom is 0.364 e. The van der Waals surface area contributed by atoms with Gasteiger partial charge in [-0.25, -0.2) is 4.79 Å². The standard InChI is InChI=1S/C81H134N6O58/c1-19-43(103)55(115)58(118)75(128-19)125-17-36-64(53(113)38(70(122)129-36)83-21(3)96)139-73-41(86-24(6)99)54(114)62(32(14-93)134-73)140-77-61(121)67(50(110)34(137-77)16-126-78-68(57(117)48(108)31(13-92)133-78)143-71-39(84-22(4)97)51(111)45(105)28(10-89)130-71)142-79-69(144-72-40(85-23(5)98)52(112)46(106)29(11-90)131-72)60(120)63(33(15-94)135-79)138-74-42(87-25(7)100)65(141-76-59(119)56(116)47(107)30(12-91)132-76)49(109)35(136-74)18-127-81(80(123)124)8-26(101)37(82-20(2)95)66(145-81)44(104)27(102)9-88/h19,26-79,88-94,101-122H,8-18H2,1-7H3,(H,82,95)(H,83,96)(H,84,97)(H,85,98)(H,86,99)(H,87,100)(H,123,124)/t19-,26-,27+,28+,29+,30+,31+,32+,33+,34+,35+,36+,37+,38+,39+,40+,41+,42+,43+,44+,45+,46+,47-,48+,49+,50+,51+,52+,53+,54+,55+,56-,57-,58-,59+,60-,61-,62+,63+,64+,65+,66+,67-,68-,69-,70+,71-,72-,73-,74-,75+,76-,77-,78-,79+,81+/m0/s1. The summed E-state index contributed by atoms with van der Waals surface area (Å²) in [5.74, 6) is -11.5. The van der Waals surface area contributed by atoms with Crippen LogP contribution in [0.15, 0.2) is 0 Å². The Balaban J connectivity index is 1.00. The van der Waals surface area contributed by atoms with E-state index in [0.717, 1.165) is 41.5 Å². The maximum atomic E-state index is 13.7. The minimum atomic E-state index is -3.32. The summed E-state index contributed by atoms with van der Waals surface area (Å²) in [6, 6.07) is -11.9. The Bertz CT molecular complexity index is 4140. The third-order valence-electron chi connectivity index (χ3n) is 26.3. The van der Waals surface area contributed by atoms with Gasteiger partial charge in [-0.3, -0.25) is 28.8 Å². The second-order valence-corrected chi connectivity index (χ2v) is 36.7. The van der Waals surface area contributed by atoms with Crippen LogP contribution in [0.5, 0.6) is 0 Å². The average Bonchev–Trinajstić information content (AvgIpc) is 0.752. The van der Waals surface area contributed by atoms with E-state index in [0.29, 0.717) is 0 Å². The number of ether oxygens (including phenoxy) is 21. The van der Waals surface area contributed by atoms with Crippen molar-refractivity contribution in [3.8, 4) is 0 Å². The average molecular weight is 2120 g/mol. The Morgan fingerprint density at radius 1 is 0.297 bits per heavy atom. The molecular weight excluding hydrogens is 1980 g/mol. The summed E-state index contributed by atoms with van der Waals surface area (Å²) in [6.45, 7) is -5.72. The Kier molecular flexibility index (Phi) is 42.7. The first-order valence-corrected chi connectivity index (χ1v) is 46.1. The van der Waals surface area contributed by atoms with E-state index in [4.69, 9.17) is 99.5 Å².